The monoisotopic (exact) mass is 307 g/mol. The van der Waals surface area contributed by atoms with Crippen LogP contribution in [0.3, 0.4) is 0 Å². The molecule has 2 aromatic rings. The van der Waals surface area contributed by atoms with Crippen LogP contribution >= 0.6 is 0 Å². The molecule has 0 unspecified atom stereocenters. The Kier molecular flexibility index (Phi) is 4.86. The van der Waals surface area contributed by atoms with Crippen molar-refractivity contribution in [3.05, 3.63) is 65.7 Å². The molecule has 1 saturated carbocycles. The van der Waals surface area contributed by atoms with Gasteiger partial charge in [-0.25, -0.2) is 4.79 Å². The summed E-state index contributed by atoms with van der Waals surface area (Å²) >= 11 is 0. The fourth-order valence-corrected chi connectivity index (χ4v) is 3.12. The number of para-hydroxylation sites is 1. The highest BCUT2D eigenvalue weighted by atomic mass is 16.5. The molecule has 2 aromatic carbocycles. The minimum atomic E-state index is -0.380. The number of nitrogens with one attached hydrogen (secondary N) is 1. The number of hydrogen-bond acceptors (Lipinski definition) is 3. The molecular weight excluding hydrogens is 286 g/mol. The minimum absolute atomic E-state index is 0.278. The van der Waals surface area contributed by atoms with Gasteiger partial charge in [-0.15, -0.1) is 0 Å². The molecule has 3 nitrogen and oxygen atoms in total. The van der Waals surface area contributed by atoms with E-state index in [1.807, 2.05) is 36.4 Å². The highest BCUT2D eigenvalue weighted by molar-refractivity contribution is 6.03. The first-order chi connectivity index (χ1) is 11.3. The van der Waals surface area contributed by atoms with Crippen molar-refractivity contribution in [2.45, 2.75) is 32.1 Å². The maximum Gasteiger partial charge on any atom is 0.343 e. The van der Waals surface area contributed by atoms with Crippen LogP contribution in [0.15, 0.2) is 54.6 Å². The summed E-state index contributed by atoms with van der Waals surface area (Å²) in [6.07, 6.45) is 5.73. The van der Waals surface area contributed by atoms with Crippen LogP contribution in [0.5, 0.6) is 5.75 Å². The second-order valence-electron chi connectivity index (χ2n) is 6.00. The van der Waals surface area contributed by atoms with Crippen molar-refractivity contribution in [3.63, 3.8) is 0 Å². The summed E-state index contributed by atoms with van der Waals surface area (Å²) in [7, 11) is 0. The number of hydrogen-bond donors (Lipinski definition) is 1. The summed E-state index contributed by atoms with van der Waals surface area (Å²) in [5.74, 6) is 0.381. The van der Waals surface area contributed by atoms with E-state index >= 15 is 0 Å². The lowest BCUT2D eigenvalue weighted by atomic mass is 9.83. The van der Waals surface area contributed by atoms with E-state index in [1.165, 1.54) is 19.3 Å². The molecule has 0 atom stereocenters. The average molecular weight is 307 g/mol. The minimum Gasteiger partial charge on any atom is -0.422 e. The van der Waals surface area contributed by atoms with E-state index in [4.69, 9.17) is 10.1 Å². The maximum atomic E-state index is 12.3. The van der Waals surface area contributed by atoms with Crippen LogP contribution in [0.25, 0.3) is 0 Å². The molecule has 1 N–H and O–H groups in total. The van der Waals surface area contributed by atoms with E-state index in [0.717, 1.165) is 18.4 Å². The van der Waals surface area contributed by atoms with E-state index in [0.29, 0.717) is 17.0 Å². The Bertz CT molecular complexity index is 688. The van der Waals surface area contributed by atoms with Crippen LogP contribution in [0, 0.1) is 11.3 Å². The Morgan fingerprint density at radius 1 is 0.913 bits per heavy atom. The zero-order valence-electron chi connectivity index (χ0n) is 13.1. The van der Waals surface area contributed by atoms with Crippen molar-refractivity contribution in [1.82, 2.24) is 0 Å². The molecule has 1 fully saturated rings. The van der Waals surface area contributed by atoms with Crippen LogP contribution < -0.4 is 4.74 Å². The van der Waals surface area contributed by atoms with E-state index in [1.54, 1.807) is 18.2 Å². The van der Waals surface area contributed by atoms with Gasteiger partial charge in [0.25, 0.3) is 0 Å². The second-order valence-corrected chi connectivity index (χ2v) is 6.00. The molecule has 1 aliphatic carbocycles. The standard InChI is InChI=1S/C20H21NO2/c21-19(15-9-3-1-4-10-15)17-13-7-8-14-18(17)23-20(22)16-11-5-2-6-12-16/h2,5-8,11-15,21H,1,3-4,9-10H2. The van der Waals surface area contributed by atoms with Gasteiger partial charge in [-0.1, -0.05) is 49.6 Å². The summed E-state index contributed by atoms with van der Waals surface area (Å²) in [6, 6.07) is 16.3. The van der Waals surface area contributed by atoms with Gasteiger partial charge < -0.3 is 10.1 Å². The van der Waals surface area contributed by atoms with Gasteiger partial charge in [-0.05, 0) is 37.1 Å². The third-order valence-electron chi connectivity index (χ3n) is 4.40. The van der Waals surface area contributed by atoms with E-state index in [9.17, 15) is 4.79 Å². The predicted octanol–water partition coefficient (Wildman–Crippen LogP) is 4.85. The number of rotatable bonds is 4. The molecule has 0 aromatic heterocycles. The molecule has 0 spiro atoms. The lowest BCUT2D eigenvalue weighted by Crippen LogP contribution is -2.19. The summed E-state index contributed by atoms with van der Waals surface area (Å²) in [4.78, 5) is 12.3. The Balaban J connectivity index is 1.80. The fourth-order valence-electron chi connectivity index (χ4n) is 3.12. The van der Waals surface area contributed by atoms with Crippen molar-refractivity contribution >= 4 is 11.7 Å². The lowest BCUT2D eigenvalue weighted by molar-refractivity contribution is 0.0734. The Morgan fingerprint density at radius 2 is 1.57 bits per heavy atom. The van der Waals surface area contributed by atoms with E-state index in [-0.39, 0.29) is 11.9 Å². The highest BCUT2D eigenvalue weighted by Crippen LogP contribution is 2.30. The van der Waals surface area contributed by atoms with Crippen molar-refractivity contribution < 1.29 is 9.53 Å². The highest BCUT2D eigenvalue weighted by Gasteiger charge is 2.22. The largest absolute Gasteiger partial charge is 0.422 e. The Labute approximate surface area is 136 Å². The lowest BCUT2D eigenvalue weighted by Gasteiger charge is -2.23. The molecule has 0 bridgehead atoms. The first-order valence-corrected chi connectivity index (χ1v) is 8.21. The van der Waals surface area contributed by atoms with Crippen molar-refractivity contribution in [2.24, 2.45) is 5.92 Å². The van der Waals surface area contributed by atoms with Crippen LogP contribution in [0.1, 0.15) is 48.0 Å². The van der Waals surface area contributed by atoms with Crippen LogP contribution in [-0.2, 0) is 0 Å². The van der Waals surface area contributed by atoms with Crippen LogP contribution in [0.2, 0.25) is 0 Å². The summed E-state index contributed by atoms with van der Waals surface area (Å²) in [6.45, 7) is 0. The fraction of sp³-hybridized carbons (Fsp3) is 0.300. The molecule has 118 valence electrons. The summed E-state index contributed by atoms with van der Waals surface area (Å²) < 4.78 is 5.56. The van der Waals surface area contributed by atoms with Gasteiger partial charge >= 0.3 is 5.97 Å². The summed E-state index contributed by atoms with van der Waals surface area (Å²) in [5.41, 5.74) is 1.86. The molecule has 23 heavy (non-hydrogen) atoms. The molecule has 1 aliphatic rings. The molecule has 0 saturated heterocycles. The quantitative estimate of drug-likeness (QED) is 0.498. The Morgan fingerprint density at radius 3 is 2.30 bits per heavy atom. The van der Waals surface area contributed by atoms with Gasteiger partial charge in [0.15, 0.2) is 0 Å². The molecule has 0 aliphatic heterocycles. The van der Waals surface area contributed by atoms with Crippen molar-refractivity contribution in [3.8, 4) is 5.75 Å². The molecule has 0 radical (unpaired) electrons. The van der Waals surface area contributed by atoms with Crippen molar-refractivity contribution in [2.75, 3.05) is 0 Å². The number of esters is 1. The van der Waals surface area contributed by atoms with Gasteiger partial charge in [-0.3, -0.25) is 0 Å². The average Bonchev–Trinajstić information content (AvgIpc) is 2.63. The van der Waals surface area contributed by atoms with Crippen molar-refractivity contribution in [1.29, 1.82) is 5.41 Å². The number of ether oxygens (including phenoxy) is 1. The van der Waals surface area contributed by atoms with E-state index < -0.39 is 0 Å². The van der Waals surface area contributed by atoms with Gasteiger partial charge in [0, 0.05) is 17.2 Å². The molecule has 3 rings (SSSR count). The van der Waals surface area contributed by atoms with Gasteiger partial charge in [-0.2, -0.15) is 0 Å². The third-order valence-corrected chi connectivity index (χ3v) is 4.40. The molecule has 0 amide bonds. The van der Waals surface area contributed by atoms with E-state index in [2.05, 4.69) is 0 Å². The normalized spacial score (nSPS) is 15.1. The predicted molar refractivity (Wildman–Crippen MR) is 91.2 cm³/mol. The topological polar surface area (TPSA) is 50.1 Å². The van der Waals surface area contributed by atoms with Gasteiger partial charge in [0.05, 0.1) is 5.56 Å². The zero-order valence-corrected chi connectivity index (χ0v) is 13.1. The second kappa shape index (κ2) is 7.23. The van der Waals surface area contributed by atoms with Gasteiger partial charge in [0.1, 0.15) is 5.75 Å². The van der Waals surface area contributed by atoms with Gasteiger partial charge in [0.2, 0.25) is 0 Å². The first-order valence-electron chi connectivity index (χ1n) is 8.21. The third kappa shape index (κ3) is 3.67. The Hall–Kier alpha value is -2.42. The summed E-state index contributed by atoms with van der Waals surface area (Å²) in [5, 5.41) is 8.52. The number of carbonyl (C=O) groups excluding carboxylic acids is 1. The first kappa shape index (κ1) is 15.5. The SMILES string of the molecule is N=C(c1ccccc1OC(=O)c1ccccc1)C1CCCCC1. The maximum absolute atomic E-state index is 12.3. The van der Waals surface area contributed by atoms with Crippen LogP contribution in [-0.4, -0.2) is 11.7 Å². The molecular formula is C20H21NO2. The number of carbonyl (C=O) groups is 1. The molecule has 3 heteroatoms. The molecule has 0 heterocycles. The smallest absolute Gasteiger partial charge is 0.343 e. The van der Waals surface area contributed by atoms with Crippen LogP contribution in [0.4, 0.5) is 0 Å². The zero-order chi connectivity index (χ0) is 16.1. The number of benzene rings is 2.